The Hall–Kier alpha value is -3.39. The van der Waals surface area contributed by atoms with Gasteiger partial charge in [0.1, 0.15) is 0 Å². The molecule has 0 saturated heterocycles. The lowest BCUT2D eigenvalue weighted by molar-refractivity contribution is -0.114. The SMILES string of the molecule is COC(CNC(=O)c1ccc(C=C2Sc3ccccc3N(Cc3ccc(C)cc3)C2=O)cc1)OC. The van der Waals surface area contributed by atoms with Gasteiger partial charge in [0.05, 0.1) is 23.7 Å². The maximum Gasteiger partial charge on any atom is 0.265 e. The number of hydrogen-bond acceptors (Lipinski definition) is 5. The van der Waals surface area contributed by atoms with Crippen molar-refractivity contribution in [3.8, 4) is 0 Å². The number of anilines is 1. The number of carbonyl (C=O) groups excluding carboxylic acids is 2. The molecule has 6 nitrogen and oxygen atoms in total. The zero-order chi connectivity index (χ0) is 24.8. The van der Waals surface area contributed by atoms with Gasteiger partial charge in [0.25, 0.3) is 11.8 Å². The smallest absolute Gasteiger partial charge is 0.265 e. The number of aryl methyl sites for hydroxylation is 1. The summed E-state index contributed by atoms with van der Waals surface area (Å²) in [5.41, 5.74) is 4.54. The molecule has 1 aliphatic rings. The monoisotopic (exact) mass is 488 g/mol. The van der Waals surface area contributed by atoms with E-state index in [-0.39, 0.29) is 18.4 Å². The third-order valence-corrected chi connectivity index (χ3v) is 6.80. The number of methoxy groups -OCH3 is 2. The van der Waals surface area contributed by atoms with Crippen LogP contribution in [0.25, 0.3) is 6.08 Å². The number of benzene rings is 3. The van der Waals surface area contributed by atoms with E-state index in [1.54, 1.807) is 12.1 Å². The van der Waals surface area contributed by atoms with Gasteiger partial charge in [-0.2, -0.15) is 0 Å². The second kappa shape index (κ2) is 11.4. The maximum atomic E-state index is 13.5. The van der Waals surface area contributed by atoms with Gasteiger partial charge in [0.2, 0.25) is 0 Å². The first-order chi connectivity index (χ1) is 17.0. The lowest BCUT2D eigenvalue weighted by Gasteiger charge is -2.30. The molecule has 0 fully saturated rings. The van der Waals surface area contributed by atoms with Gasteiger partial charge in [-0.05, 0) is 48.4 Å². The van der Waals surface area contributed by atoms with Crippen LogP contribution in [0.4, 0.5) is 5.69 Å². The Kier molecular flexibility index (Phi) is 8.02. The van der Waals surface area contributed by atoms with Crippen LogP contribution in [0.15, 0.2) is 82.6 Å². The van der Waals surface area contributed by atoms with Crippen molar-refractivity contribution < 1.29 is 19.1 Å². The summed E-state index contributed by atoms with van der Waals surface area (Å²) in [4.78, 5) is 29.4. The van der Waals surface area contributed by atoms with Gasteiger partial charge in [-0.3, -0.25) is 9.59 Å². The molecule has 0 spiro atoms. The number of nitrogens with one attached hydrogen (secondary N) is 1. The Morgan fingerprint density at radius 2 is 1.69 bits per heavy atom. The lowest BCUT2D eigenvalue weighted by atomic mass is 10.1. The summed E-state index contributed by atoms with van der Waals surface area (Å²) in [5, 5.41) is 2.78. The van der Waals surface area contributed by atoms with Crippen molar-refractivity contribution in [1.29, 1.82) is 0 Å². The molecule has 0 aromatic heterocycles. The first-order valence-corrected chi connectivity index (χ1v) is 12.1. The maximum absolute atomic E-state index is 13.5. The van der Waals surface area contributed by atoms with Crippen molar-refractivity contribution in [3.63, 3.8) is 0 Å². The molecule has 0 atom stereocenters. The number of nitrogens with zero attached hydrogens (tertiary/aromatic N) is 1. The molecular formula is C28H28N2O4S. The van der Waals surface area contributed by atoms with Crippen LogP contribution in [0.5, 0.6) is 0 Å². The van der Waals surface area contributed by atoms with Gasteiger partial charge in [0.15, 0.2) is 6.29 Å². The summed E-state index contributed by atoms with van der Waals surface area (Å²) >= 11 is 1.47. The average Bonchev–Trinajstić information content (AvgIpc) is 2.88. The fraction of sp³-hybridized carbons (Fsp3) is 0.214. The van der Waals surface area contributed by atoms with Crippen LogP contribution >= 0.6 is 11.8 Å². The van der Waals surface area contributed by atoms with Gasteiger partial charge in [0, 0.05) is 24.7 Å². The van der Waals surface area contributed by atoms with E-state index in [1.807, 2.05) is 54.3 Å². The van der Waals surface area contributed by atoms with E-state index in [4.69, 9.17) is 9.47 Å². The van der Waals surface area contributed by atoms with Crippen LogP contribution in [0.2, 0.25) is 0 Å². The van der Waals surface area contributed by atoms with E-state index in [1.165, 1.54) is 31.5 Å². The molecule has 2 amide bonds. The summed E-state index contributed by atoms with van der Waals surface area (Å²) < 4.78 is 10.2. The minimum Gasteiger partial charge on any atom is -0.354 e. The molecule has 7 heteroatoms. The van der Waals surface area contributed by atoms with Crippen LogP contribution in [-0.4, -0.2) is 38.9 Å². The summed E-state index contributed by atoms with van der Waals surface area (Å²) in [5.74, 6) is -0.258. The molecule has 1 heterocycles. The van der Waals surface area contributed by atoms with Crippen molar-refractivity contribution in [2.24, 2.45) is 0 Å². The Labute approximate surface area is 209 Å². The first kappa shape index (κ1) is 24.7. The van der Waals surface area contributed by atoms with Gasteiger partial charge < -0.3 is 19.7 Å². The van der Waals surface area contributed by atoms with Gasteiger partial charge in [-0.25, -0.2) is 0 Å². The van der Waals surface area contributed by atoms with Gasteiger partial charge in [-0.1, -0.05) is 65.9 Å². The zero-order valence-electron chi connectivity index (χ0n) is 20.0. The highest BCUT2D eigenvalue weighted by Crippen LogP contribution is 2.42. The summed E-state index contributed by atoms with van der Waals surface area (Å²) in [6.45, 7) is 2.80. The Balaban J connectivity index is 1.53. The highest BCUT2D eigenvalue weighted by Gasteiger charge is 2.29. The van der Waals surface area contributed by atoms with Crippen LogP contribution in [0.1, 0.15) is 27.0 Å². The standard InChI is InChI=1S/C28H28N2O4S/c1-19-8-10-21(11-9-19)18-30-23-6-4-5-7-24(23)35-25(28(30)32)16-20-12-14-22(15-13-20)27(31)29-17-26(33-2)34-3/h4-16,26H,17-18H2,1-3H3,(H,29,31). The molecule has 1 N–H and O–H groups in total. The Bertz CT molecular complexity index is 1220. The van der Waals surface area contributed by atoms with Crippen molar-refractivity contribution in [2.45, 2.75) is 24.7 Å². The number of hydrogen-bond donors (Lipinski definition) is 1. The predicted octanol–water partition coefficient (Wildman–Crippen LogP) is 5.02. The third-order valence-electron chi connectivity index (χ3n) is 5.72. The normalized spacial score (nSPS) is 14.3. The number of para-hydroxylation sites is 1. The fourth-order valence-corrected chi connectivity index (χ4v) is 4.78. The largest absolute Gasteiger partial charge is 0.354 e. The highest BCUT2D eigenvalue weighted by molar-refractivity contribution is 8.04. The molecular weight excluding hydrogens is 460 g/mol. The fourth-order valence-electron chi connectivity index (χ4n) is 3.72. The molecule has 0 saturated carbocycles. The van der Waals surface area contributed by atoms with Crippen LogP contribution in [-0.2, 0) is 20.8 Å². The number of fused-ring (bicyclic) bond motifs is 1. The van der Waals surface area contributed by atoms with Crippen LogP contribution in [0.3, 0.4) is 0 Å². The van der Waals surface area contributed by atoms with Crippen LogP contribution < -0.4 is 10.2 Å². The molecule has 3 aromatic rings. The quantitative estimate of drug-likeness (QED) is 0.356. The summed E-state index contributed by atoms with van der Waals surface area (Å²) in [6.07, 6.45) is 1.38. The molecule has 4 rings (SSSR count). The summed E-state index contributed by atoms with van der Waals surface area (Å²) in [6, 6.07) is 23.3. The minimum absolute atomic E-state index is 0.0405. The number of thioether (sulfide) groups is 1. The molecule has 0 radical (unpaired) electrons. The number of rotatable bonds is 8. The first-order valence-electron chi connectivity index (χ1n) is 11.3. The molecule has 1 aliphatic heterocycles. The van der Waals surface area contributed by atoms with Crippen molar-refractivity contribution >= 4 is 35.3 Å². The zero-order valence-corrected chi connectivity index (χ0v) is 20.8. The van der Waals surface area contributed by atoms with Crippen molar-refractivity contribution in [1.82, 2.24) is 5.32 Å². The highest BCUT2D eigenvalue weighted by atomic mass is 32.2. The van der Waals surface area contributed by atoms with E-state index < -0.39 is 6.29 Å². The van der Waals surface area contributed by atoms with Crippen molar-refractivity contribution in [2.75, 3.05) is 25.7 Å². The molecule has 0 bridgehead atoms. The molecule has 0 aliphatic carbocycles. The molecule has 180 valence electrons. The van der Waals surface area contributed by atoms with Gasteiger partial charge >= 0.3 is 0 Å². The molecule has 3 aromatic carbocycles. The van der Waals surface area contributed by atoms with Crippen molar-refractivity contribution in [3.05, 3.63) is 100.0 Å². The van der Waals surface area contributed by atoms with E-state index in [0.29, 0.717) is 17.0 Å². The minimum atomic E-state index is -0.497. The van der Waals surface area contributed by atoms with E-state index >= 15 is 0 Å². The second-order valence-electron chi connectivity index (χ2n) is 8.19. The summed E-state index contributed by atoms with van der Waals surface area (Å²) in [7, 11) is 3.04. The molecule has 35 heavy (non-hydrogen) atoms. The Morgan fingerprint density at radius 3 is 2.37 bits per heavy atom. The number of amides is 2. The predicted molar refractivity (Wildman–Crippen MR) is 139 cm³/mol. The van der Waals surface area contributed by atoms with E-state index in [0.717, 1.165) is 21.7 Å². The number of ether oxygens (including phenoxy) is 2. The second-order valence-corrected chi connectivity index (χ2v) is 9.27. The van der Waals surface area contributed by atoms with E-state index in [9.17, 15) is 9.59 Å². The van der Waals surface area contributed by atoms with E-state index in [2.05, 4.69) is 29.6 Å². The van der Waals surface area contributed by atoms with Crippen LogP contribution in [0, 0.1) is 6.92 Å². The van der Waals surface area contributed by atoms with Gasteiger partial charge in [-0.15, -0.1) is 0 Å². The number of carbonyl (C=O) groups is 2. The Morgan fingerprint density at radius 1 is 1.00 bits per heavy atom. The topological polar surface area (TPSA) is 67.9 Å². The molecule has 0 unspecified atom stereocenters. The third kappa shape index (κ3) is 6.00. The lowest BCUT2D eigenvalue weighted by Crippen LogP contribution is -2.34. The average molecular weight is 489 g/mol.